The van der Waals surface area contributed by atoms with E-state index in [9.17, 15) is 0 Å². The van der Waals surface area contributed by atoms with Crippen molar-refractivity contribution in [2.24, 2.45) is 0 Å². The summed E-state index contributed by atoms with van der Waals surface area (Å²) in [6.45, 7) is 17.1. The van der Waals surface area contributed by atoms with E-state index in [4.69, 9.17) is 15.0 Å². The van der Waals surface area contributed by atoms with Gasteiger partial charge in [0, 0.05) is 0 Å². The summed E-state index contributed by atoms with van der Waals surface area (Å²) in [6, 6.07) is 0. The van der Waals surface area contributed by atoms with Crippen LogP contribution >= 0.6 is 0 Å². The van der Waals surface area contributed by atoms with Gasteiger partial charge < -0.3 is 15.0 Å². The van der Waals surface area contributed by atoms with Crippen LogP contribution in [0.2, 0.25) is 0 Å². The van der Waals surface area contributed by atoms with Crippen LogP contribution < -0.4 is 34.7 Å². The molecule has 0 aromatic heterocycles. The minimum atomic E-state index is -1.44. The first-order chi connectivity index (χ1) is 5.27. The molecule has 0 radical (unpaired) electrons. The molecule has 0 fully saturated rings. The number of aliphatic carboxylic acids is 1. The Morgan fingerprint density at radius 2 is 1.17 bits per heavy atom. The van der Waals surface area contributed by atoms with E-state index in [2.05, 4.69) is 39.5 Å². The van der Waals surface area contributed by atoms with Gasteiger partial charge in [-0.3, -0.25) is 0 Å². The summed E-state index contributed by atoms with van der Waals surface area (Å²) < 4.78 is 0. The Hall–Kier alpha value is -0.350. The molecule has 0 heterocycles. The van der Waals surface area contributed by atoms with Crippen LogP contribution in [0.5, 0.6) is 0 Å². The Balaban J connectivity index is -0.0000000203. The predicted octanol–water partition coefficient (Wildman–Crippen LogP) is -2.86. The molecule has 0 spiro atoms. The van der Waals surface area contributed by atoms with Crippen molar-refractivity contribution in [1.82, 2.24) is 0 Å². The summed E-state index contributed by atoms with van der Waals surface area (Å²) >= 11 is 0. The summed E-state index contributed by atoms with van der Waals surface area (Å²) in [7, 11) is 0. The third-order valence-electron chi connectivity index (χ3n) is 0.129. The van der Waals surface area contributed by atoms with Crippen LogP contribution in [-0.4, -0.2) is 17.7 Å². The third kappa shape index (κ3) is 265. The maximum atomic E-state index is 9.01. The minimum Gasteiger partial charge on any atom is -0.548 e. The monoisotopic (exact) mass is 182 g/mol. The van der Waals surface area contributed by atoms with Gasteiger partial charge in [-0.15, -0.1) is 39.5 Å². The molecule has 0 aliphatic carbocycles. The number of rotatable bonds is 1. The van der Waals surface area contributed by atoms with Gasteiger partial charge in [-0.2, -0.15) is 0 Å². The number of carbonyl (C=O) groups is 1. The largest absolute Gasteiger partial charge is 1.00 e. The van der Waals surface area contributed by atoms with Crippen molar-refractivity contribution < 1.29 is 44.6 Å². The number of carbonyl (C=O) groups excluding carboxylic acids is 1. The molecule has 0 aromatic rings. The normalized spacial score (nSPS) is 4.08. The summed E-state index contributed by atoms with van der Waals surface area (Å²) in [5, 5.41) is 16.5. The maximum Gasteiger partial charge on any atom is 1.00 e. The number of aliphatic hydroxyl groups is 1. The van der Waals surface area contributed by atoms with Crippen molar-refractivity contribution in [2.75, 3.05) is 6.61 Å². The molecule has 0 amide bonds. The van der Waals surface area contributed by atoms with Crippen molar-refractivity contribution in [2.45, 2.75) is 0 Å². The van der Waals surface area contributed by atoms with E-state index in [0.29, 0.717) is 0 Å². The molecule has 66 valence electrons. The summed E-state index contributed by atoms with van der Waals surface area (Å²) in [5.74, 6) is -1.44. The van der Waals surface area contributed by atoms with E-state index < -0.39 is 12.6 Å². The molecular weight excluding hydrogens is 167 g/mol. The Morgan fingerprint density at radius 1 is 1.08 bits per heavy atom. The maximum absolute atomic E-state index is 9.01. The predicted molar refractivity (Wildman–Crippen MR) is 45.9 cm³/mol. The fourth-order valence-electron chi connectivity index (χ4n) is 0. The SMILES string of the molecule is C=C.C=C.C=C.O=C([O-])CO.[Na+]. The van der Waals surface area contributed by atoms with Gasteiger partial charge in [-0.1, -0.05) is 0 Å². The van der Waals surface area contributed by atoms with Gasteiger partial charge in [0.25, 0.3) is 0 Å². The zero-order chi connectivity index (χ0) is 10.3. The molecule has 0 aliphatic rings. The van der Waals surface area contributed by atoms with Crippen LogP contribution in [0.15, 0.2) is 39.5 Å². The first-order valence-electron chi connectivity index (χ1n) is 2.58. The van der Waals surface area contributed by atoms with Crippen LogP contribution in [-0.2, 0) is 4.79 Å². The smallest absolute Gasteiger partial charge is 0.548 e. The molecule has 0 atom stereocenters. The number of carboxylic acid groups (broad SMARTS) is 1. The van der Waals surface area contributed by atoms with Gasteiger partial charge in [-0.25, -0.2) is 0 Å². The van der Waals surface area contributed by atoms with Crippen molar-refractivity contribution >= 4 is 5.97 Å². The number of hydrogen-bond donors (Lipinski definition) is 1. The summed E-state index contributed by atoms with van der Waals surface area (Å²) in [6.07, 6.45) is 0. The van der Waals surface area contributed by atoms with Gasteiger partial charge in [-0.05, 0) is 0 Å². The van der Waals surface area contributed by atoms with Gasteiger partial charge in [0.05, 0.1) is 12.6 Å². The van der Waals surface area contributed by atoms with Crippen molar-refractivity contribution in [1.29, 1.82) is 0 Å². The molecule has 0 aliphatic heterocycles. The second-order valence-corrected chi connectivity index (χ2v) is 0.530. The van der Waals surface area contributed by atoms with Crippen LogP contribution in [0.4, 0.5) is 0 Å². The molecule has 0 rings (SSSR count). The standard InChI is InChI=1S/C2H4O3.3C2H4.Na/c3-1-2(4)5;3*1-2;/h3H,1H2,(H,4,5);3*1-2H2;/q;;;;+1/p-1. The van der Waals surface area contributed by atoms with Crippen molar-refractivity contribution in [3.8, 4) is 0 Å². The summed E-state index contributed by atoms with van der Waals surface area (Å²) in [5.41, 5.74) is 0. The average molecular weight is 182 g/mol. The molecule has 1 N–H and O–H groups in total. The molecule has 0 aromatic carbocycles. The number of aliphatic hydroxyl groups excluding tert-OH is 1. The fourth-order valence-corrected chi connectivity index (χ4v) is 0. The Bertz CT molecular complexity index is 71.9. The second-order valence-electron chi connectivity index (χ2n) is 0.530. The average Bonchev–Trinajstić information content (AvgIpc) is 2.15. The van der Waals surface area contributed by atoms with Gasteiger partial charge in [0.1, 0.15) is 0 Å². The number of carboxylic acids is 1. The quantitative estimate of drug-likeness (QED) is 0.350. The van der Waals surface area contributed by atoms with E-state index in [0.717, 1.165) is 0 Å². The van der Waals surface area contributed by atoms with Crippen molar-refractivity contribution in [3.63, 3.8) is 0 Å². The molecule has 0 saturated heterocycles. The van der Waals surface area contributed by atoms with Crippen LogP contribution in [0, 0.1) is 0 Å². The van der Waals surface area contributed by atoms with E-state index in [1.54, 1.807) is 0 Å². The zero-order valence-electron chi connectivity index (χ0n) is 7.71. The first kappa shape index (κ1) is 29.9. The first-order valence-corrected chi connectivity index (χ1v) is 2.58. The Morgan fingerprint density at radius 3 is 1.17 bits per heavy atom. The van der Waals surface area contributed by atoms with Crippen molar-refractivity contribution in [3.05, 3.63) is 39.5 Å². The molecule has 3 nitrogen and oxygen atoms in total. The van der Waals surface area contributed by atoms with Crippen LogP contribution in [0.1, 0.15) is 0 Å². The van der Waals surface area contributed by atoms with Gasteiger partial charge >= 0.3 is 29.6 Å². The van der Waals surface area contributed by atoms with E-state index in [1.807, 2.05) is 0 Å². The summed E-state index contributed by atoms with van der Waals surface area (Å²) in [4.78, 5) is 9.01. The second kappa shape index (κ2) is 74.4. The Labute approximate surface area is 96.4 Å². The van der Waals surface area contributed by atoms with Gasteiger partial charge in [0.15, 0.2) is 0 Å². The van der Waals surface area contributed by atoms with Crippen LogP contribution in [0.3, 0.4) is 0 Å². The molecule has 0 bridgehead atoms. The molecule has 12 heavy (non-hydrogen) atoms. The van der Waals surface area contributed by atoms with Gasteiger partial charge in [0.2, 0.25) is 0 Å². The fraction of sp³-hybridized carbons (Fsp3) is 0.125. The zero-order valence-corrected chi connectivity index (χ0v) is 9.71. The Kier molecular flexibility index (Phi) is 185. The molecule has 0 saturated carbocycles. The third-order valence-corrected chi connectivity index (χ3v) is 0.129. The molecule has 4 heteroatoms. The van der Waals surface area contributed by atoms with E-state index in [-0.39, 0.29) is 29.6 Å². The van der Waals surface area contributed by atoms with Crippen LogP contribution in [0.25, 0.3) is 0 Å². The molecular formula is C8H15NaO3. The minimum absolute atomic E-state index is 0. The topological polar surface area (TPSA) is 60.4 Å². The van der Waals surface area contributed by atoms with E-state index in [1.165, 1.54) is 0 Å². The molecule has 0 unspecified atom stereocenters. The number of hydrogen-bond acceptors (Lipinski definition) is 3. The van der Waals surface area contributed by atoms with E-state index >= 15 is 0 Å².